The maximum Gasteiger partial charge on any atom is 0.350 e. The third kappa shape index (κ3) is 4.26. The van der Waals surface area contributed by atoms with Crippen LogP contribution in [0.5, 0.6) is 0 Å². The number of aromatic nitrogens is 6. The summed E-state index contributed by atoms with van der Waals surface area (Å²) in [5.74, 6) is 1.27. The molecule has 0 aliphatic heterocycles. The second-order valence-corrected chi connectivity index (χ2v) is 7.50. The van der Waals surface area contributed by atoms with Crippen molar-refractivity contribution in [1.29, 1.82) is 0 Å². The lowest BCUT2D eigenvalue weighted by atomic mass is 10.1. The molecule has 0 saturated carbocycles. The highest BCUT2D eigenvalue weighted by Crippen LogP contribution is 2.24. The van der Waals surface area contributed by atoms with Crippen molar-refractivity contribution >= 4 is 0 Å². The number of pyridine rings is 1. The molecule has 0 aliphatic rings. The van der Waals surface area contributed by atoms with E-state index in [0.29, 0.717) is 29.4 Å². The second kappa shape index (κ2) is 9.06. The summed E-state index contributed by atoms with van der Waals surface area (Å²) in [7, 11) is 0. The zero-order valence-corrected chi connectivity index (χ0v) is 17.6. The molecule has 0 atom stereocenters. The largest absolute Gasteiger partial charge is 0.350 e. The van der Waals surface area contributed by atoms with Gasteiger partial charge in [0.1, 0.15) is 6.33 Å². The molecule has 3 heterocycles. The van der Waals surface area contributed by atoms with Gasteiger partial charge in [-0.2, -0.15) is 10.1 Å². The van der Waals surface area contributed by atoms with Crippen LogP contribution in [0.25, 0.3) is 28.3 Å². The molecule has 9 nitrogen and oxygen atoms in total. The van der Waals surface area contributed by atoms with Crippen LogP contribution >= 0.6 is 0 Å². The Morgan fingerprint density at radius 2 is 1.97 bits per heavy atom. The van der Waals surface area contributed by atoms with Crippen LogP contribution in [0.15, 0.2) is 70.1 Å². The van der Waals surface area contributed by atoms with E-state index < -0.39 is 5.69 Å². The van der Waals surface area contributed by atoms with Gasteiger partial charge < -0.3 is 10.3 Å². The van der Waals surface area contributed by atoms with Gasteiger partial charge in [0.2, 0.25) is 11.7 Å². The number of benzene rings is 1. The number of hydrogen-bond acceptors (Lipinski definition) is 7. The third-order valence-electron chi connectivity index (χ3n) is 4.90. The standard InChI is InChI=1S/C22H22FN7O2/c1-14(2)21-27-20(28-32-21)17-5-3-16(4-6-17)19-9-18(7-8-25-19)29-13-26-30(22(29)31)12-15(10-23)11-24/h3-10,13-14H,11-12,24H2,1-2H3/b15-10+. The van der Waals surface area contributed by atoms with E-state index >= 15 is 0 Å². The number of nitrogens with zero attached hydrogens (tertiary/aromatic N) is 6. The van der Waals surface area contributed by atoms with E-state index in [1.165, 1.54) is 10.9 Å². The quantitative estimate of drug-likeness (QED) is 0.474. The van der Waals surface area contributed by atoms with Gasteiger partial charge in [0.25, 0.3) is 0 Å². The highest BCUT2D eigenvalue weighted by Gasteiger charge is 2.13. The van der Waals surface area contributed by atoms with Gasteiger partial charge in [-0.25, -0.2) is 18.4 Å². The summed E-state index contributed by atoms with van der Waals surface area (Å²) in [6, 6.07) is 11.1. The topological polar surface area (TPSA) is 118 Å². The Bertz CT molecular complexity index is 1300. The highest BCUT2D eigenvalue weighted by atomic mass is 19.1. The van der Waals surface area contributed by atoms with Crippen molar-refractivity contribution in [2.45, 2.75) is 26.3 Å². The third-order valence-corrected chi connectivity index (χ3v) is 4.90. The maximum absolute atomic E-state index is 12.8. The molecule has 4 rings (SSSR count). The summed E-state index contributed by atoms with van der Waals surface area (Å²) in [5, 5.41) is 8.07. The summed E-state index contributed by atoms with van der Waals surface area (Å²) >= 11 is 0. The van der Waals surface area contributed by atoms with Crippen LogP contribution in [0.4, 0.5) is 4.39 Å². The van der Waals surface area contributed by atoms with Crippen molar-refractivity contribution in [2.75, 3.05) is 6.54 Å². The number of rotatable bonds is 7. The molecule has 1 aromatic carbocycles. The first-order chi connectivity index (χ1) is 15.5. The summed E-state index contributed by atoms with van der Waals surface area (Å²) in [6.07, 6.45) is 3.40. The predicted octanol–water partition coefficient (Wildman–Crippen LogP) is 3.08. The second-order valence-electron chi connectivity index (χ2n) is 7.50. The van der Waals surface area contributed by atoms with Crippen molar-refractivity contribution in [3.63, 3.8) is 0 Å². The monoisotopic (exact) mass is 435 g/mol. The fourth-order valence-electron chi connectivity index (χ4n) is 3.06. The van der Waals surface area contributed by atoms with Crippen molar-refractivity contribution in [3.05, 3.63) is 77.2 Å². The normalized spacial score (nSPS) is 12.0. The van der Waals surface area contributed by atoms with Crippen LogP contribution in [-0.2, 0) is 6.54 Å². The molecule has 0 saturated heterocycles. The van der Waals surface area contributed by atoms with E-state index in [1.54, 1.807) is 18.3 Å². The van der Waals surface area contributed by atoms with Gasteiger partial charge in [-0.05, 0) is 17.7 Å². The van der Waals surface area contributed by atoms with Crippen LogP contribution in [-0.4, -0.2) is 36.0 Å². The maximum atomic E-state index is 12.8. The Labute approximate surface area is 183 Å². The van der Waals surface area contributed by atoms with Gasteiger partial charge in [0.15, 0.2) is 0 Å². The van der Waals surface area contributed by atoms with Gasteiger partial charge in [-0.15, -0.1) is 0 Å². The average molecular weight is 435 g/mol. The highest BCUT2D eigenvalue weighted by molar-refractivity contribution is 5.66. The van der Waals surface area contributed by atoms with E-state index in [1.807, 2.05) is 38.1 Å². The first-order valence-corrected chi connectivity index (χ1v) is 10.0. The molecule has 32 heavy (non-hydrogen) atoms. The molecule has 0 radical (unpaired) electrons. The smallest absolute Gasteiger partial charge is 0.339 e. The number of nitrogens with two attached hydrogens (primary N) is 1. The first-order valence-electron chi connectivity index (χ1n) is 10.0. The van der Waals surface area contributed by atoms with Gasteiger partial charge >= 0.3 is 5.69 Å². The van der Waals surface area contributed by atoms with Crippen molar-refractivity contribution in [3.8, 4) is 28.3 Å². The average Bonchev–Trinajstić information content (AvgIpc) is 3.45. The molecule has 2 N–H and O–H groups in total. The minimum Gasteiger partial charge on any atom is -0.339 e. The van der Waals surface area contributed by atoms with Gasteiger partial charge in [-0.3, -0.25) is 4.98 Å². The van der Waals surface area contributed by atoms with E-state index in [0.717, 1.165) is 15.8 Å². The lowest BCUT2D eigenvalue weighted by Crippen LogP contribution is -2.26. The Kier molecular flexibility index (Phi) is 6.04. The molecule has 4 aromatic rings. The Morgan fingerprint density at radius 1 is 1.22 bits per heavy atom. The molecule has 0 unspecified atom stereocenters. The lowest BCUT2D eigenvalue weighted by Gasteiger charge is -2.05. The Morgan fingerprint density at radius 3 is 2.62 bits per heavy atom. The van der Waals surface area contributed by atoms with Crippen LogP contribution < -0.4 is 11.4 Å². The van der Waals surface area contributed by atoms with Crippen LogP contribution in [0.2, 0.25) is 0 Å². The summed E-state index contributed by atoms with van der Waals surface area (Å²) in [5.41, 5.74) is 8.29. The number of halogens is 1. The van der Waals surface area contributed by atoms with Crippen LogP contribution in [0.3, 0.4) is 0 Å². The summed E-state index contributed by atoms with van der Waals surface area (Å²) < 4.78 is 20.6. The fraction of sp³-hybridized carbons (Fsp3) is 0.227. The Hall–Kier alpha value is -3.92. The van der Waals surface area contributed by atoms with Gasteiger partial charge in [0, 0.05) is 29.8 Å². The predicted molar refractivity (Wildman–Crippen MR) is 117 cm³/mol. The molecule has 3 aromatic heterocycles. The van der Waals surface area contributed by atoms with E-state index in [2.05, 4.69) is 20.2 Å². The van der Waals surface area contributed by atoms with Gasteiger partial charge in [0.05, 0.1) is 24.3 Å². The number of hydrogen-bond donors (Lipinski definition) is 1. The Balaban J connectivity index is 1.60. The summed E-state index contributed by atoms with van der Waals surface area (Å²) in [4.78, 5) is 21.5. The van der Waals surface area contributed by atoms with E-state index in [4.69, 9.17) is 10.3 Å². The zero-order valence-electron chi connectivity index (χ0n) is 17.6. The van der Waals surface area contributed by atoms with Crippen molar-refractivity contribution in [2.24, 2.45) is 5.73 Å². The summed E-state index contributed by atoms with van der Waals surface area (Å²) in [6.45, 7) is 3.98. The fourth-order valence-corrected chi connectivity index (χ4v) is 3.06. The molecule has 0 aliphatic carbocycles. The molecule has 0 fully saturated rings. The molecule has 0 spiro atoms. The first kappa shape index (κ1) is 21.3. The molecule has 0 amide bonds. The van der Waals surface area contributed by atoms with E-state index in [-0.39, 0.29) is 24.6 Å². The van der Waals surface area contributed by atoms with Crippen LogP contribution in [0, 0.1) is 0 Å². The van der Waals surface area contributed by atoms with Crippen molar-refractivity contribution < 1.29 is 8.91 Å². The minimum atomic E-state index is -0.400. The molecular weight excluding hydrogens is 413 g/mol. The SMILES string of the molecule is CC(C)c1nc(-c2ccc(-c3cc(-n4cnn(C/C(=C/F)CN)c4=O)ccn3)cc2)no1. The van der Waals surface area contributed by atoms with Crippen LogP contribution in [0.1, 0.15) is 25.7 Å². The van der Waals surface area contributed by atoms with Gasteiger partial charge in [-0.1, -0.05) is 43.3 Å². The molecular formula is C22H22FN7O2. The molecule has 10 heteroatoms. The van der Waals surface area contributed by atoms with Crippen molar-refractivity contribution in [1.82, 2.24) is 29.5 Å². The minimum absolute atomic E-state index is 0.00710. The van der Waals surface area contributed by atoms with E-state index in [9.17, 15) is 9.18 Å². The lowest BCUT2D eigenvalue weighted by molar-refractivity contribution is 0.365. The molecule has 0 bridgehead atoms. The molecule has 164 valence electrons. The zero-order chi connectivity index (χ0) is 22.7.